The van der Waals surface area contributed by atoms with Crippen LogP contribution in [0.3, 0.4) is 0 Å². The highest BCUT2D eigenvalue weighted by atomic mass is 16.2. The molecule has 3 aromatic rings. The van der Waals surface area contributed by atoms with Crippen LogP contribution in [0.1, 0.15) is 67.5 Å². The summed E-state index contributed by atoms with van der Waals surface area (Å²) in [4.78, 5) is 30.1. The van der Waals surface area contributed by atoms with E-state index in [0.717, 1.165) is 29.1 Å². The number of nitrogens with zero attached hydrogens (tertiary/aromatic N) is 3. The van der Waals surface area contributed by atoms with Gasteiger partial charge in [0.1, 0.15) is 12.6 Å². The highest BCUT2D eigenvalue weighted by molar-refractivity contribution is 5.94. The lowest BCUT2D eigenvalue weighted by Crippen LogP contribution is -2.26. The molecule has 5 nitrogen and oxygen atoms in total. The minimum absolute atomic E-state index is 0.0836. The van der Waals surface area contributed by atoms with Gasteiger partial charge in [0, 0.05) is 37.1 Å². The number of aromatic nitrogens is 2. The zero-order valence-electron chi connectivity index (χ0n) is 22.8. The average Bonchev–Trinajstić information content (AvgIpc) is 2.91. The Kier molecular flexibility index (Phi) is 15.2. The second kappa shape index (κ2) is 16.9. The normalized spacial score (nSPS) is 9.91. The largest absolute Gasteiger partial charge is 0.342 e. The molecule has 0 aliphatic rings. The van der Waals surface area contributed by atoms with Gasteiger partial charge in [-0.3, -0.25) is 4.79 Å². The minimum Gasteiger partial charge on any atom is -0.342 e. The van der Waals surface area contributed by atoms with Crippen LogP contribution in [0.15, 0.2) is 60.9 Å². The molecule has 3 rings (SSSR count). The summed E-state index contributed by atoms with van der Waals surface area (Å²) in [6.45, 7) is 18.8. The molecule has 0 saturated heterocycles. The van der Waals surface area contributed by atoms with Crippen molar-refractivity contribution in [3.8, 4) is 11.1 Å². The third kappa shape index (κ3) is 9.65. The molecule has 5 heteroatoms. The Hall–Kier alpha value is -3.60. The van der Waals surface area contributed by atoms with Gasteiger partial charge in [-0.15, -0.1) is 0 Å². The number of hydrogen-bond donors (Lipinski definition) is 0. The van der Waals surface area contributed by atoms with Gasteiger partial charge < -0.3 is 9.69 Å². The molecule has 0 radical (unpaired) electrons. The molecule has 0 spiro atoms. The Morgan fingerprint density at radius 1 is 0.971 bits per heavy atom. The van der Waals surface area contributed by atoms with E-state index in [4.69, 9.17) is 4.79 Å². The summed E-state index contributed by atoms with van der Waals surface area (Å²) in [7, 11) is 1.82. The summed E-state index contributed by atoms with van der Waals surface area (Å²) >= 11 is 0. The summed E-state index contributed by atoms with van der Waals surface area (Å²) in [5.41, 5.74) is 7.89. The minimum atomic E-state index is 0.0836. The second-order valence-electron chi connectivity index (χ2n) is 7.65. The Morgan fingerprint density at radius 3 is 2.03 bits per heavy atom. The molecule has 35 heavy (non-hydrogen) atoms. The molecular formula is C30H41N3O2. The number of carbonyl (C=O) groups is 2. The molecule has 0 saturated carbocycles. The van der Waals surface area contributed by atoms with Crippen LogP contribution < -0.4 is 0 Å². The Labute approximate surface area is 212 Å². The third-order valence-corrected chi connectivity index (χ3v) is 5.39. The van der Waals surface area contributed by atoms with Gasteiger partial charge in [-0.2, -0.15) is 0 Å². The summed E-state index contributed by atoms with van der Waals surface area (Å²) in [5.74, 6) is 0.891. The lowest BCUT2D eigenvalue weighted by Gasteiger charge is -2.15. The maximum absolute atomic E-state index is 12.0. The van der Waals surface area contributed by atoms with Crippen LogP contribution >= 0.6 is 0 Å². The van der Waals surface area contributed by atoms with Crippen molar-refractivity contribution in [1.29, 1.82) is 0 Å². The third-order valence-electron chi connectivity index (χ3n) is 5.39. The number of carbonyl (C=O) groups excluding carboxylic acids is 2. The van der Waals surface area contributed by atoms with Gasteiger partial charge >= 0.3 is 0 Å². The van der Waals surface area contributed by atoms with Crippen LogP contribution in [0.4, 0.5) is 0 Å². The van der Waals surface area contributed by atoms with Crippen molar-refractivity contribution in [3.05, 3.63) is 89.0 Å². The molecule has 0 bridgehead atoms. The highest BCUT2D eigenvalue weighted by Crippen LogP contribution is 2.21. The lowest BCUT2D eigenvalue weighted by atomic mass is 9.99. The van der Waals surface area contributed by atoms with E-state index in [9.17, 15) is 4.79 Å². The molecular weight excluding hydrogens is 434 g/mol. The zero-order chi connectivity index (χ0) is 27.0. The van der Waals surface area contributed by atoms with E-state index >= 15 is 0 Å². The molecule has 0 atom stereocenters. The van der Waals surface area contributed by atoms with E-state index in [2.05, 4.69) is 42.0 Å². The molecule has 0 aliphatic carbocycles. The number of hydrogen-bond acceptors (Lipinski definition) is 4. The SMILES string of the molecule is C/C=C(/C)c1ccc(C(=O)N(C)CC)cc1C.C=O.CC.Cc1ncc(-c2ccccc2C)cn1. The predicted molar refractivity (Wildman–Crippen MR) is 149 cm³/mol. The molecule has 1 aromatic heterocycles. The molecule has 0 aliphatic heterocycles. The first kappa shape index (κ1) is 31.4. The standard InChI is InChI=1S/C15H21NO.C12H12N2.C2H6.CH2O/c1-6-11(3)14-9-8-13(10-12(14)4)15(17)16(5)7-2;1-9-5-3-4-6-12(9)11-7-13-10(2)14-8-11;2*1-2/h6,8-10H,7H2,1-5H3;3-8H,1-2H3;1-2H3;1H2/b11-6-;;;. The maximum Gasteiger partial charge on any atom is 0.253 e. The van der Waals surface area contributed by atoms with E-state index in [-0.39, 0.29) is 5.91 Å². The fourth-order valence-corrected chi connectivity index (χ4v) is 3.19. The van der Waals surface area contributed by atoms with Gasteiger partial charge in [0.05, 0.1) is 0 Å². The summed E-state index contributed by atoms with van der Waals surface area (Å²) in [6, 6.07) is 14.1. The quantitative estimate of drug-likeness (QED) is 0.403. The van der Waals surface area contributed by atoms with Gasteiger partial charge in [0.2, 0.25) is 0 Å². The van der Waals surface area contributed by atoms with Gasteiger partial charge in [0.15, 0.2) is 0 Å². The fraction of sp³-hybridized carbons (Fsp3) is 0.333. The molecule has 0 fully saturated rings. The van der Waals surface area contributed by atoms with Crippen LogP contribution in [-0.4, -0.2) is 41.2 Å². The van der Waals surface area contributed by atoms with Gasteiger partial charge in [-0.1, -0.05) is 50.3 Å². The molecule has 1 heterocycles. The second-order valence-corrected chi connectivity index (χ2v) is 7.65. The fourth-order valence-electron chi connectivity index (χ4n) is 3.19. The van der Waals surface area contributed by atoms with Gasteiger partial charge in [-0.25, -0.2) is 9.97 Å². The van der Waals surface area contributed by atoms with Crippen molar-refractivity contribution in [1.82, 2.24) is 14.9 Å². The molecule has 0 unspecified atom stereocenters. The maximum atomic E-state index is 12.0. The van der Waals surface area contributed by atoms with Gasteiger partial charge in [-0.05, 0) is 81.5 Å². The van der Waals surface area contributed by atoms with Crippen molar-refractivity contribution in [3.63, 3.8) is 0 Å². The molecule has 0 N–H and O–H groups in total. The summed E-state index contributed by atoms with van der Waals surface area (Å²) < 4.78 is 0. The Morgan fingerprint density at radius 2 is 1.54 bits per heavy atom. The first-order valence-corrected chi connectivity index (χ1v) is 11.9. The van der Waals surface area contributed by atoms with E-state index in [1.54, 1.807) is 4.90 Å². The van der Waals surface area contributed by atoms with E-state index in [1.165, 1.54) is 22.3 Å². The predicted octanol–water partition coefficient (Wildman–Crippen LogP) is 7.11. The number of amides is 1. The first-order chi connectivity index (χ1) is 16.8. The molecule has 2 aromatic carbocycles. The topological polar surface area (TPSA) is 63.2 Å². The van der Waals surface area contributed by atoms with Crippen molar-refractivity contribution in [2.24, 2.45) is 0 Å². The van der Waals surface area contributed by atoms with Crippen LogP contribution in [0.2, 0.25) is 0 Å². The number of aryl methyl sites for hydroxylation is 3. The van der Waals surface area contributed by atoms with E-state index < -0.39 is 0 Å². The lowest BCUT2D eigenvalue weighted by molar-refractivity contribution is -0.0980. The van der Waals surface area contributed by atoms with Crippen LogP contribution in [-0.2, 0) is 4.79 Å². The van der Waals surface area contributed by atoms with Crippen molar-refractivity contribution in [2.75, 3.05) is 13.6 Å². The summed E-state index contributed by atoms with van der Waals surface area (Å²) in [5, 5.41) is 0. The monoisotopic (exact) mass is 475 g/mol. The molecule has 188 valence electrons. The van der Waals surface area contributed by atoms with Crippen LogP contribution in [0, 0.1) is 20.8 Å². The Bertz CT molecular complexity index is 1070. The molecule has 1 amide bonds. The number of rotatable bonds is 4. The van der Waals surface area contributed by atoms with Crippen molar-refractivity contribution >= 4 is 18.3 Å². The highest BCUT2D eigenvalue weighted by Gasteiger charge is 2.11. The zero-order valence-corrected chi connectivity index (χ0v) is 22.8. The van der Waals surface area contributed by atoms with E-state index in [0.29, 0.717) is 0 Å². The summed E-state index contributed by atoms with van der Waals surface area (Å²) in [6.07, 6.45) is 5.82. The van der Waals surface area contributed by atoms with E-state index in [1.807, 2.05) is 98.1 Å². The number of allylic oxidation sites excluding steroid dienone is 2. The average molecular weight is 476 g/mol. The first-order valence-electron chi connectivity index (χ1n) is 11.9. The Balaban J connectivity index is 0.000000585. The van der Waals surface area contributed by atoms with Crippen molar-refractivity contribution < 1.29 is 9.59 Å². The smallest absolute Gasteiger partial charge is 0.253 e. The van der Waals surface area contributed by atoms with Crippen LogP contribution in [0.25, 0.3) is 16.7 Å². The number of benzene rings is 2. The van der Waals surface area contributed by atoms with Crippen molar-refractivity contribution in [2.45, 2.75) is 55.4 Å². The van der Waals surface area contributed by atoms with Gasteiger partial charge in [0.25, 0.3) is 5.91 Å². The van der Waals surface area contributed by atoms with Crippen LogP contribution in [0.5, 0.6) is 0 Å².